The van der Waals surface area contributed by atoms with Crippen molar-refractivity contribution >= 4 is 0 Å². The quantitative estimate of drug-likeness (QED) is 0.270. The van der Waals surface area contributed by atoms with Crippen LogP contribution in [-0.2, 0) is 0 Å². The van der Waals surface area contributed by atoms with Crippen LogP contribution in [0, 0.1) is 52.8 Å². The summed E-state index contributed by atoms with van der Waals surface area (Å²) in [4.78, 5) is 0. The molecule has 0 radical (unpaired) electrons. The molecule has 2 N–H and O–H groups in total. The average Bonchev–Trinajstić information content (AvgIpc) is 3.11. The minimum Gasteiger partial charge on any atom is -0.320 e. The van der Waals surface area contributed by atoms with Gasteiger partial charge < -0.3 is 5.73 Å². The van der Waals surface area contributed by atoms with Crippen LogP contribution in [0.5, 0.6) is 0 Å². The van der Waals surface area contributed by atoms with Crippen LogP contribution in [0.3, 0.4) is 0 Å². The van der Waals surface area contributed by atoms with Crippen molar-refractivity contribution in [3.05, 3.63) is 12.7 Å². The molecule has 31 heavy (non-hydrogen) atoms. The molecule has 4 rings (SSSR count). The lowest BCUT2D eigenvalue weighted by Gasteiger charge is -2.60. The van der Waals surface area contributed by atoms with Gasteiger partial charge in [0, 0.05) is 0 Å². The van der Waals surface area contributed by atoms with E-state index in [1.54, 1.807) is 44.9 Å². The van der Waals surface area contributed by atoms with Gasteiger partial charge in [0.1, 0.15) is 0 Å². The number of hydrogen-bond donors (Lipinski definition) is 1. The molecule has 0 bridgehead atoms. The lowest BCUT2D eigenvalue weighted by Crippen LogP contribution is -2.52. The molecule has 0 amide bonds. The molecule has 4 aliphatic carbocycles. The molecule has 4 aliphatic rings. The Balaban J connectivity index is 0.000000620. The first-order valence-electron chi connectivity index (χ1n) is 13.3. The molecule has 1 heteroatoms. The number of nitrogens with two attached hydrogens (primary N) is 1. The van der Waals surface area contributed by atoms with Crippen LogP contribution in [0.2, 0.25) is 0 Å². The highest BCUT2D eigenvalue weighted by Crippen LogP contribution is 2.67. The van der Waals surface area contributed by atoms with Crippen molar-refractivity contribution in [2.24, 2.45) is 46.2 Å². The molecule has 0 aromatic rings. The zero-order chi connectivity index (χ0) is 22.2. The summed E-state index contributed by atoms with van der Waals surface area (Å²) in [7, 11) is 0. The smallest absolute Gasteiger partial charge is 0.0548 e. The lowest BCUT2D eigenvalue weighted by atomic mass is 9.45. The fourth-order valence-electron chi connectivity index (χ4n) is 8.39. The van der Waals surface area contributed by atoms with E-state index in [-0.39, 0.29) is 7.43 Å². The Morgan fingerprint density at radius 3 is 2.29 bits per heavy atom. The summed E-state index contributed by atoms with van der Waals surface area (Å²) in [6.07, 6.45) is 26.3. The predicted octanol–water partition coefficient (Wildman–Crippen LogP) is 8.63. The van der Waals surface area contributed by atoms with E-state index >= 15 is 0 Å². The van der Waals surface area contributed by atoms with Crippen LogP contribution >= 0.6 is 0 Å². The third-order valence-electron chi connectivity index (χ3n) is 9.86. The summed E-state index contributed by atoms with van der Waals surface area (Å²) in [6, 6.07) is 0. The first kappa shape index (κ1) is 28.3. The first-order valence-corrected chi connectivity index (χ1v) is 13.3. The Kier molecular flexibility index (Phi) is 11.9. The second-order valence-electron chi connectivity index (χ2n) is 10.8. The molecular formula is C30H55N. The fourth-order valence-corrected chi connectivity index (χ4v) is 8.39. The van der Waals surface area contributed by atoms with Crippen LogP contribution in [0.4, 0.5) is 0 Å². The highest BCUT2D eigenvalue weighted by molar-refractivity contribution is 5.08. The molecule has 0 saturated heterocycles. The molecule has 1 nitrogen and oxygen atoms in total. The highest BCUT2D eigenvalue weighted by atomic mass is 14.6. The van der Waals surface area contributed by atoms with Crippen LogP contribution in [0.15, 0.2) is 12.7 Å². The number of hydrogen-bond acceptors (Lipinski definition) is 1. The Labute approximate surface area is 196 Å². The fraction of sp³-hybridized carbons (Fsp3) is 0.867. The first-order chi connectivity index (χ1) is 14.5. The summed E-state index contributed by atoms with van der Waals surface area (Å²) in [5, 5.41) is 0. The van der Waals surface area contributed by atoms with Crippen LogP contribution in [0.25, 0.3) is 0 Å². The molecular weight excluding hydrogens is 374 g/mol. The van der Waals surface area contributed by atoms with E-state index in [2.05, 4.69) is 38.8 Å². The zero-order valence-electron chi connectivity index (χ0n) is 20.7. The number of unbranched alkanes of at least 4 members (excludes halogenated alkanes) is 1. The third-order valence-corrected chi connectivity index (χ3v) is 9.86. The van der Waals surface area contributed by atoms with Gasteiger partial charge in [-0.15, -0.1) is 13.0 Å². The molecule has 4 fully saturated rings. The van der Waals surface area contributed by atoms with Gasteiger partial charge in [-0.25, -0.2) is 0 Å². The van der Waals surface area contributed by atoms with Crippen molar-refractivity contribution in [3.63, 3.8) is 0 Å². The maximum Gasteiger partial charge on any atom is 0.0548 e. The van der Waals surface area contributed by atoms with Gasteiger partial charge in [-0.1, -0.05) is 60.0 Å². The molecule has 0 aromatic heterocycles. The topological polar surface area (TPSA) is 26.0 Å². The summed E-state index contributed by atoms with van der Waals surface area (Å²) in [6.45, 7) is 13.7. The summed E-state index contributed by atoms with van der Waals surface area (Å²) in [5.41, 5.74) is 6.18. The molecule has 4 saturated carbocycles. The monoisotopic (exact) mass is 429 g/mol. The van der Waals surface area contributed by atoms with Gasteiger partial charge in [-0.3, -0.25) is 0 Å². The zero-order valence-corrected chi connectivity index (χ0v) is 20.7. The molecule has 7 atom stereocenters. The van der Waals surface area contributed by atoms with E-state index in [1.165, 1.54) is 38.5 Å². The Bertz CT molecular complexity index is 559. The summed E-state index contributed by atoms with van der Waals surface area (Å²) in [5.74, 6) is 7.50. The number of terminal acetylenes is 1. The summed E-state index contributed by atoms with van der Waals surface area (Å²) < 4.78 is 0. The van der Waals surface area contributed by atoms with Gasteiger partial charge in [0.05, 0.1) is 6.54 Å². The van der Waals surface area contributed by atoms with Gasteiger partial charge in [0.25, 0.3) is 0 Å². The Morgan fingerprint density at radius 2 is 1.65 bits per heavy atom. The van der Waals surface area contributed by atoms with E-state index < -0.39 is 0 Å². The van der Waals surface area contributed by atoms with Crippen molar-refractivity contribution < 1.29 is 0 Å². The molecule has 0 heterocycles. The third kappa shape index (κ3) is 5.79. The number of rotatable bonds is 4. The predicted molar refractivity (Wildman–Crippen MR) is 140 cm³/mol. The number of allylic oxidation sites excluding steroid dienone is 1. The van der Waals surface area contributed by atoms with Crippen LogP contribution in [0.1, 0.15) is 119 Å². The second kappa shape index (κ2) is 13.1. The van der Waals surface area contributed by atoms with Gasteiger partial charge in [-0.2, -0.15) is 0 Å². The standard InChI is InChI=1S/C24H40.C3H5N.C2H6.CH4/c1-4-5-6-9-19-12-14-21-20-13-11-18-10-7-8-16-23(18,2)22(20)15-17-24(19,21)3;1-2-3-4;1-2;/h4,18-22H,1,5-17H2,2-3H3;1H,3-4H2;1-2H3;1H4. The number of fused-ring (bicyclic) bond motifs is 5. The van der Waals surface area contributed by atoms with Crippen LogP contribution in [-0.4, -0.2) is 6.54 Å². The summed E-state index contributed by atoms with van der Waals surface area (Å²) >= 11 is 0. The molecule has 180 valence electrons. The second-order valence-corrected chi connectivity index (χ2v) is 10.8. The Hall–Kier alpha value is -0.740. The van der Waals surface area contributed by atoms with Gasteiger partial charge in [0.2, 0.25) is 0 Å². The highest BCUT2D eigenvalue weighted by Gasteiger charge is 2.59. The van der Waals surface area contributed by atoms with E-state index in [1.807, 2.05) is 13.8 Å². The van der Waals surface area contributed by atoms with Crippen molar-refractivity contribution in [2.75, 3.05) is 6.54 Å². The van der Waals surface area contributed by atoms with Crippen molar-refractivity contribution in [3.8, 4) is 12.3 Å². The lowest BCUT2D eigenvalue weighted by molar-refractivity contribution is -0.111. The van der Waals surface area contributed by atoms with Crippen molar-refractivity contribution in [1.82, 2.24) is 0 Å². The minimum atomic E-state index is 0. The molecule has 7 unspecified atom stereocenters. The van der Waals surface area contributed by atoms with Gasteiger partial charge >= 0.3 is 0 Å². The average molecular weight is 430 g/mol. The minimum absolute atomic E-state index is 0. The van der Waals surface area contributed by atoms with E-state index in [9.17, 15) is 0 Å². The van der Waals surface area contributed by atoms with Crippen molar-refractivity contribution in [1.29, 1.82) is 0 Å². The van der Waals surface area contributed by atoms with Gasteiger partial charge in [0.15, 0.2) is 0 Å². The largest absolute Gasteiger partial charge is 0.320 e. The normalized spacial score (nSPS) is 40.1. The maximum atomic E-state index is 4.79. The van der Waals surface area contributed by atoms with Gasteiger partial charge in [-0.05, 0) is 111 Å². The molecule has 0 aromatic carbocycles. The molecule has 0 spiro atoms. The SMILES string of the molecule is C.C#CCN.C=CCCCC1CCC2C3CCC4CCCCC4(C)C3CCC12C.CC. The molecule has 0 aliphatic heterocycles. The van der Waals surface area contributed by atoms with E-state index in [0.29, 0.717) is 17.4 Å². The van der Waals surface area contributed by atoms with E-state index in [0.717, 1.165) is 29.6 Å². The van der Waals surface area contributed by atoms with E-state index in [4.69, 9.17) is 5.73 Å². The maximum absolute atomic E-state index is 4.79. The van der Waals surface area contributed by atoms with Crippen molar-refractivity contribution in [2.45, 2.75) is 119 Å². The van der Waals surface area contributed by atoms with Crippen LogP contribution < -0.4 is 5.73 Å². The Morgan fingerprint density at radius 1 is 0.968 bits per heavy atom.